The minimum atomic E-state index is -0.319. The Morgan fingerprint density at radius 3 is 2.80 bits per heavy atom. The van der Waals surface area contributed by atoms with E-state index in [-0.39, 0.29) is 6.10 Å². The fourth-order valence-electron chi connectivity index (χ4n) is 2.36. The van der Waals surface area contributed by atoms with Crippen molar-refractivity contribution in [1.29, 1.82) is 0 Å². The minimum Gasteiger partial charge on any atom is -0.391 e. The summed E-state index contributed by atoms with van der Waals surface area (Å²) in [5, 5.41) is 23.0. The van der Waals surface area contributed by atoms with E-state index in [1.165, 1.54) is 31.5 Å². The molecular weight excluding hydrogens is 272 g/mol. The van der Waals surface area contributed by atoms with Crippen LogP contribution in [0, 0.1) is 0 Å². The van der Waals surface area contributed by atoms with E-state index in [4.69, 9.17) is 0 Å². The molecular formula is C14H24N4OS. The van der Waals surface area contributed by atoms with Crippen LogP contribution in [-0.2, 0) is 0 Å². The van der Waals surface area contributed by atoms with E-state index in [0.29, 0.717) is 24.3 Å². The summed E-state index contributed by atoms with van der Waals surface area (Å²) in [7, 11) is 0. The molecule has 2 aliphatic rings. The standard InChI is InChI=1S/C14H24N4OS/c1-2-7-15-8-12(19)9-20-14-17-16-13(10-3-4-10)18(14)11-5-6-11/h10-12,15,19H,2-9H2,1H3. The number of aliphatic hydroxyl groups excluding tert-OH is 1. The van der Waals surface area contributed by atoms with Crippen LogP contribution in [0.4, 0.5) is 0 Å². The SMILES string of the molecule is CCCNCC(O)CSc1nnc(C2CC2)n1C1CC1. The zero-order valence-electron chi connectivity index (χ0n) is 12.1. The highest BCUT2D eigenvalue weighted by molar-refractivity contribution is 7.99. The van der Waals surface area contributed by atoms with Gasteiger partial charge in [-0.25, -0.2) is 0 Å². The molecule has 1 atom stereocenters. The van der Waals surface area contributed by atoms with Crippen molar-refractivity contribution in [3.8, 4) is 0 Å². The van der Waals surface area contributed by atoms with Crippen molar-refractivity contribution in [2.75, 3.05) is 18.8 Å². The van der Waals surface area contributed by atoms with Gasteiger partial charge in [-0.15, -0.1) is 10.2 Å². The zero-order valence-corrected chi connectivity index (χ0v) is 12.9. The molecule has 1 unspecified atom stereocenters. The molecule has 2 fully saturated rings. The Labute approximate surface area is 124 Å². The van der Waals surface area contributed by atoms with Crippen molar-refractivity contribution in [2.45, 2.75) is 62.2 Å². The van der Waals surface area contributed by atoms with E-state index in [1.807, 2.05) is 0 Å². The molecule has 1 heterocycles. The summed E-state index contributed by atoms with van der Waals surface area (Å²) < 4.78 is 2.34. The lowest BCUT2D eigenvalue weighted by Gasteiger charge is -2.12. The molecule has 0 bridgehead atoms. The van der Waals surface area contributed by atoms with Crippen LogP contribution in [0.25, 0.3) is 0 Å². The Bertz CT molecular complexity index is 442. The summed E-state index contributed by atoms with van der Waals surface area (Å²) >= 11 is 1.65. The van der Waals surface area contributed by atoms with Crippen molar-refractivity contribution in [3.05, 3.63) is 5.82 Å². The van der Waals surface area contributed by atoms with Gasteiger partial charge in [0.25, 0.3) is 0 Å². The number of hydrogen-bond donors (Lipinski definition) is 2. The fraction of sp³-hybridized carbons (Fsp3) is 0.857. The summed E-state index contributed by atoms with van der Waals surface area (Å²) in [6.07, 6.45) is 5.82. The Morgan fingerprint density at radius 2 is 2.15 bits per heavy atom. The lowest BCUT2D eigenvalue weighted by Crippen LogP contribution is -2.29. The fourth-order valence-corrected chi connectivity index (χ4v) is 3.30. The highest BCUT2D eigenvalue weighted by Gasteiger charge is 2.36. The van der Waals surface area contributed by atoms with Crippen LogP contribution in [0.2, 0.25) is 0 Å². The Morgan fingerprint density at radius 1 is 1.35 bits per heavy atom. The first kappa shape index (κ1) is 14.4. The van der Waals surface area contributed by atoms with Crippen molar-refractivity contribution in [1.82, 2.24) is 20.1 Å². The molecule has 5 nitrogen and oxygen atoms in total. The van der Waals surface area contributed by atoms with Crippen LogP contribution in [0.15, 0.2) is 5.16 Å². The number of hydrogen-bond acceptors (Lipinski definition) is 5. The van der Waals surface area contributed by atoms with Gasteiger partial charge in [-0.05, 0) is 38.6 Å². The zero-order chi connectivity index (χ0) is 13.9. The number of aliphatic hydroxyl groups is 1. The molecule has 2 saturated carbocycles. The van der Waals surface area contributed by atoms with Crippen LogP contribution in [0.1, 0.15) is 56.8 Å². The summed E-state index contributed by atoms with van der Waals surface area (Å²) in [5.74, 6) is 2.52. The maximum atomic E-state index is 9.97. The van der Waals surface area contributed by atoms with Gasteiger partial charge in [0.1, 0.15) is 5.82 Å². The first-order valence-corrected chi connectivity index (χ1v) is 8.74. The summed E-state index contributed by atoms with van der Waals surface area (Å²) in [4.78, 5) is 0. The summed E-state index contributed by atoms with van der Waals surface area (Å²) in [6, 6.07) is 0.624. The van der Waals surface area contributed by atoms with E-state index in [0.717, 1.165) is 18.1 Å². The molecule has 0 amide bonds. The van der Waals surface area contributed by atoms with Crippen molar-refractivity contribution in [2.24, 2.45) is 0 Å². The van der Waals surface area contributed by atoms with Gasteiger partial charge >= 0.3 is 0 Å². The third-order valence-electron chi connectivity index (χ3n) is 3.76. The van der Waals surface area contributed by atoms with Gasteiger partial charge < -0.3 is 15.0 Å². The lowest BCUT2D eigenvalue weighted by atomic mass is 10.4. The van der Waals surface area contributed by atoms with Gasteiger partial charge in [0, 0.05) is 24.3 Å². The third-order valence-corrected chi connectivity index (χ3v) is 4.84. The van der Waals surface area contributed by atoms with Crippen molar-refractivity contribution >= 4 is 11.8 Å². The molecule has 20 heavy (non-hydrogen) atoms. The number of nitrogens with zero attached hydrogens (tertiary/aromatic N) is 3. The predicted molar refractivity (Wildman–Crippen MR) is 80.2 cm³/mol. The quantitative estimate of drug-likeness (QED) is 0.538. The van der Waals surface area contributed by atoms with E-state index < -0.39 is 0 Å². The Balaban J connectivity index is 1.54. The average Bonchev–Trinajstić information content (AvgIpc) is 3.35. The van der Waals surface area contributed by atoms with Crippen molar-refractivity contribution in [3.63, 3.8) is 0 Å². The third kappa shape index (κ3) is 3.54. The highest BCUT2D eigenvalue weighted by Crippen LogP contribution is 2.45. The molecule has 1 aromatic rings. The molecule has 6 heteroatoms. The second-order valence-corrected chi connectivity index (χ2v) is 6.87. The van der Waals surface area contributed by atoms with Gasteiger partial charge in [-0.3, -0.25) is 0 Å². The van der Waals surface area contributed by atoms with Gasteiger partial charge in [0.2, 0.25) is 0 Å². The van der Waals surface area contributed by atoms with Gasteiger partial charge in [-0.2, -0.15) is 0 Å². The predicted octanol–water partition coefficient (Wildman–Crippen LogP) is 1.94. The molecule has 1 aromatic heterocycles. The topological polar surface area (TPSA) is 63.0 Å². The van der Waals surface area contributed by atoms with Crippen LogP contribution in [0.3, 0.4) is 0 Å². The van der Waals surface area contributed by atoms with E-state index >= 15 is 0 Å². The molecule has 0 saturated heterocycles. The van der Waals surface area contributed by atoms with Crippen LogP contribution in [0.5, 0.6) is 0 Å². The lowest BCUT2D eigenvalue weighted by molar-refractivity contribution is 0.196. The van der Waals surface area contributed by atoms with E-state index in [9.17, 15) is 5.11 Å². The maximum Gasteiger partial charge on any atom is 0.191 e. The molecule has 112 valence electrons. The first-order chi connectivity index (χ1) is 9.79. The minimum absolute atomic E-state index is 0.319. The largest absolute Gasteiger partial charge is 0.391 e. The molecule has 0 radical (unpaired) electrons. The molecule has 2 aliphatic carbocycles. The van der Waals surface area contributed by atoms with Crippen LogP contribution >= 0.6 is 11.8 Å². The van der Waals surface area contributed by atoms with Crippen molar-refractivity contribution < 1.29 is 5.11 Å². The smallest absolute Gasteiger partial charge is 0.191 e. The van der Waals surface area contributed by atoms with Gasteiger partial charge in [-0.1, -0.05) is 18.7 Å². The Kier molecular flexibility index (Phi) is 4.63. The van der Waals surface area contributed by atoms with Gasteiger partial charge in [0.15, 0.2) is 5.16 Å². The van der Waals surface area contributed by atoms with Gasteiger partial charge in [0.05, 0.1) is 6.10 Å². The second-order valence-electron chi connectivity index (χ2n) is 5.89. The highest BCUT2D eigenvalue weighted by atomic mass is 32.2. The molecule has 0 spiro atoms. The molecule has 2 N–H and O–H groups in total. The molecule has 0 aliphatic heterocycles. The number of rotatable bonds is 9. The second kappa shape index (κ2) is 6.45. The molecule has 3 rings (SSSR count). The summed E-state index contributed by atoms with van der Waals surface area (Å²) in [5.41, 5.74) is 0. The maximum absolute atomic E-state index is 9.97. The summed E-state index contributed by atoms with van der Waals surface area (Å²) in [6.45, 7) is 3.76. The van der Waals surface area contributed by atoms with Crippen LogP contribution in [-0.4, -0.2) is 44.8 Å². The number of thioether (sulfide) groups is 1. The van der Waals surface area contributed by atoms with E-state index in [2.05, 4.69) is 27.0 Å². The molecule has 0 aromatic carbocycles. The average molecular weight is 296 g/mol. The first-order valence-electron chi connectivity index (χ1n) is 7.76. The monoisotopic (exact) mass is 296 g/mol. The number of aromatic nitrogens is 3. The van der Waals surface area contributed by atoms with E-state index in [1.54, 1.807) is 11.8 Å². The normalized spacial score (nSPS) is 20.3. The number of nitrogens with one attached hydrogen (secondary N) is 1. The Hall–Kier alpha value is -0.590. The van der Waals surface area contributed by atoms with Crippen LogP contribution < -0.4 is 5.32 Å².